The molecule has 0 radical (unpaired) electrons. The first-order valence-corrected chi connectivity index (χ1v) is 8.22. The van der Waals surface area contributed by atoms with Crippen molar-refractivity contribution in [1.82, 2.24) is 4.72 Å². The maximum Gasteiger partial charge on any atom is 0.240 e. The maximum atomic E-state index is 12.2. The number of methoxy groups -OCH3 is 2. The van der Waals surface area contributed by atoms with E-state index in [0.717, 1.165) is 0 Å². The van der Waals surface area contributed by atoms with Crippen LogP contribution < -0.4 is 4.72 Å². The van der Waals surface area contributed by atoms with Gasteiger partial charge in [0, 0.05) is 20.8 Å². The van der Waals surface area contributed by atoms with Crippen LogP contribution in [0.1, 0.15) is 25.0 Å². The third kappa shape index (κ3) is 5.37. The minimum absolute atomic E-state index is 0.118. The number of aliphatic hydroxyl groups is 1. The first-order valence-electron chi connectivity index (χ1n) is 6.74. The molecular weight excluding hydrogens is 294 g/mol. The van der Waals surface area contributed by atoms with E-state index in [4.69, 9.17) is 9.47 Å². The Morgan fingerprint density at radius 1 is 1.33 bits per heavy atom. The van der Waals surface area contributed by atoms with Gasteiger partial charge >= 0.3 is 0 Å². The van der Waals surface area contributed by atoms with Crippen molar-refractivity contribution >= 4 is 10.0 Å². The Balaban J connectivity index is 2.83. The Morgan fingerprint density at radius 3 is 2.62 bits per heavy atom. The van der Waals surface area contributed by atoms with Gasteiger partial charge in [0.2, 0.25) is 10.0 Å². The summed E-state index contributed by atoms with van der Waals surface area (Å²) in [5.74, 6) is 0. The summed E-state index contributed by atoms with van der Waals surface area (Å²) in [5, 5.41) is 9.79. The molecule has 0 heterocycles. The van der Waals surface area contributed by atoms with E-state index in [1.807, 2.05) is 6.92 Å². The van der Waals surface area contributed by atoms with Crippen LogP contribution in [0.2, 0.25) is 0 Å². The number of sulfonamides is 1. The van der Waals surface area contributed by atoms with Crippen LogP contribution in [-0.2, 0) is 19.5 Å². The highest BCUT2D eigenvalue weighted by Gasteiger charge is 2.18. The van der Waals surface area contributed by atoms with Crippen molar-refractivity contribution in [3.05, 3.63) is 29.8 Å². The van der Waals surface area contributed by atoms with Crippen LogP contribution in [0.5, 0.6) is 0 Å². The lowest BCUT2D eigenvalue weighted by atomic mass is 10.1. The molecule has 21 heavy (non-hydrogen) atoms. The molecule has 2 N–H and O–H groups in total. The molecule has 0 saturated carbocycles. The molecule has 0 saturated heterocycles. The number of aliphatic hydroxyl groups excluding tert-OH is 1. The molecular formula is C14H23NO5S. The minimum atomic E-state index is -3.64. The summed E-state index contributed by atoms with van der Waals surface area (Å²) in [5.41, 5.74) is 0.584. The molecule has 1 rings (SSSR count). The lowest BCUT2D eigenvalue weighted by Gasteiger charge is -2.16. The number of rotatable bonds is 9. The number of nitrogens with one attached hydrogen (secondary N) is 1. The van der Waals surface area contributed by atoms with Crippen molar-refractivity contribution in [2.45, 2.75) is 30.4 Å². The van der Waals surface area contributed by atoms with Crippen molar-refractivity contribution in [1.29, 1.82) is 0 Å². The standard InChI is InChI=1S/C14H23NO5S/c1-4-14(16)11-6-5-7-13(8-11)21(17,18)15-9-12(20-3)10-19-2/h5-8,12,14-16H,4,9-10H2,1-3H3. The predicted octanol–water partition coefficient (Wildman–Crippen LogP) is 1.07. The molecule has 1 aromatic carbocycles. The topological polar surface area (TPSA) is 84.9 Å². The van der Waals surface area contributed by atoms with Gasteiger partial charge in [-0.3, -0.25) is 0 Å². The molecule has 0 aliphatic rings. The third-order valence-electron chi connectivity index (χ3n) is 3.13. The van der Waals surface area contributed by atoms with Crippen molar-refractivity contribution in [2.75, 3.05) is 27.4 Å². The Hall–Kier alpha value is -0.990. The predicted molar refractivity (Wildman–Crippen MR) is 79.6 cm³/mol. The molecule has 2 atom stereocenters. The number of hydrogen-bond acceptors (Lipinski definition) is 5. The highest BCUT2D eigenvalue weighted by Crippen LogP contribution is 2.19. The summed E-state index contributed by atoms with van der Waals surface area (Å²) in [6.45, 7) is 2.25. The van der Waals surface area contributed by atoms with Crippen molar-refractivity contribution < 1.29 is 23.0 Å². The zero-order valence-corrected chi connectivity index (χ0v) is 13.4. The van der Waals surface area contributed by atoms with Gasteiger partial charge in [-0.25, -0.2) is 13.1 Å². The van der Waals surface area contributed by atoms with E-state index in [1.165, 1.54) is 26.4 Å². The van der Waals surface area contributed by atoms with Gasteiger partial charge < -0.3 is 14.6 Å². The van der Waals surface area contributed by atoms with E-state index in [0.29, 0.717) is 18.6 Å². The average Bonchev–Trinajstić information content (AvgIpc) is 2.50. The molecule has 2 unspecified atom stereocenters. The normalized spacial score (nSPS) is 14.9. The van der Waals surface area contributed by atoms with Crippen LogP contribution in [-0.4, -0.2) is 47.0 Å². The molecule has 120 valence electrons. The summed E-state index contributed by atoms with van der Waals surface area (Å²) in [6.07, 6.45) is -0.495. The van der Waals surface area contributed by atoms with E-state index in [1.54, 1.807) is 12.1 Å². The van der Waals surface area contributed by atoms with Crippen LogP contribution in [0.25, 0.3) is 0 Å². The quantitative estimate of drug-likeness (QED) is 0.711. The summed E-state index contributed by atoms with van der Waals surface area (Å²) < 4.78 is 37.0. The number of benzene rings is 1. The van der Waals surface area contributed by atoms with Crippen LogP contribution in [0.3, 0.4) is 0 Å². The SMILES string of the molecule is CCC(O)c1cccc(S(=O)(=O)NCC(COC)OC)c1. The van der Waals surface area contributed by atoms with E-state index >= 15 is 0 Å². The lowest BCUT2D eigenvalue weighted by molar-refractivity contribution is 0.0320. The smallest absolute Gasteiger partial charge is 0.240 e. The monoisotopic (exact) mass is 317 g/mol. The van der Waals surface area contributed by atoms with Crippen molar-refractivity contribution in [2.24, 2.45) is 0 Å². The van der Waals surface area contributed by atoms with Gasteiger partial charge in [0.15, 0.2) is 0 Å². The zero-order chi connectivity index (χ0) is 15.9. The van der Waals surface area contributed by atoms with Crippen LogP contribution in [0.4, 0.5) is 0 Å². The van der Waals surface area contributed by atoms with E-state index in [-0.39, 0.29) is 17.5 Å². The van der Waals surface area contributed by atoms with Crippen LogP contribution >= 0.6 is 0 Å². The Labute approximate surface area is 126 Å². The van der Waals surface area contributed by atoms with Crippen LogP contribution in [0, 0.1) is 0 Å². The molecule has 0 bridgehead atoms. The van der Waals surface area contributed by atoms with Crippen molar-refractivity contribution in [3.8, 4) is 0 Å². The van der Waals surface area contributed by atoms with Crippen molar-refractivity contribution in [3.63, 3.8) is 0 Å². The molecule has 1 aromatic rings. The third-order valence-corrected chi connectivity index (χ3v) is 4.55. The fourth-order valence-corrected chi connectivity index (χ4v) is 2.93. The van der Waals surface area contributed by atoms with Gasteiger partial charge in [0.05, 0.1) is 23.7 Å². The lowest BCUT2D eigenvalue weighted by Crippen LogP contribution is -2.35. The molecule has 0 fully saturated rings. The van der Waals surface area contributed by atoms with E-state index in [9.17, 15) is 13.5 Å². The molecule has 0 spiro atoms. The summed E-state index contributed by atoms with van der Waals surface area (Å²) in [7, 11) is -0.624. The minimum Gasteiger partial charge on any atom is -0.388 e. The van der Waals surface area contributed by atoms with E-state index in [2.05, 4.69) is 4.72 Å². The molecule has 7 heteroatoms. The molecule has 0 amide bonds. The Bertz CT molecular complexity index is 532. The first kappa shape index (κ1) is 18.1. The largest absolute Gasteiger partial charge is 0.388 e. The van der Waals surface area contributed by atoms with Gasteiger partial charge in [-0.05, 0) is 24.1 Å². The van der Waals surface area contributed by atoms with Gasteiger partial charge in [-0.1, -0.05) is 19.1 Å². The number of hydrogen-bond donors (Lipinski definition) is 2. The second-order valence-corrected chi connectivity index (χ2v) is 6.43. The van der Waals surface area contributed by atoms with Gasteiger partial charge in [0.1, 0.15) is 0 Å². The second kappa shape index (κ2) is 8.45. The number of ether oxygens (including phenoxy) is 2. The highest BCUT2D eigenvalue weighted by molar-refractivity contribution is 7.89. The van der Waals surface area contributed by atoms with Gasteiger partial charge in [-0.15, -0.1) is 0 Å². The maximum absolute atomic E-state index is 12.2. The van der Waals surface area contributed by atoms with Crippen LogP contribution in [0.15, 0.2) is 29.2 Å². The molecule has 0 aromatic heterocycles. The molecule has 6 nitrogen and oxygen atoms in total. The summed E-state index contributed by atoms with van der Waals surface area (Å²) >= 11 is 0. The Morgan fingerprint density at radius 2 is 2.05 bits per heavy atom. The average molecular weight is 317 g/mol. The molecule has 0 aliphatic carbocycles. The highest BCUT2D eigenvalue weighted by atomic mass is 32.2. The Kier molecular flexibility index (Phi) is 7.27. The van der Waals surface area contributed by atoms with Gasteiger partial charge in [-0.2, -0.15) is 0 Å². The zero-order valence-electron chi connectivity index (χ0n) is 12.6. The fourth-order valence-electron chi connectivity index (χ4n) is 1.81. The fraction of sp³-hybridized carbons (Fsp3) is 0.571. The molecule has 0 aliphatic heterocycles. The van der Waals surface area contributed by atoms with Gasteiger partial charge in [0.25, 0.3) is 0 Å². The second-order valence-electron chi connectivity index (χ2n) is 4.66. The first-order chi connectivity index (χ1) is 9.94. The summed E-state index contributed by atoms with van der Waals surface area (Å²) in [4.78, 5) is 0.125. The van der Waals surface area contributed by atoms with E-state index < -0.39 is 16.1 Å². The summed E-state index contributed by atoms with van der Waals surface area (Å²) in [6, 6.07) is 6.29.